The monoisotopic (exact) mass is 314 g/mol. The SMILES string of the molecule is O=[N+]([O-])c1c(Cl)ccc(S(=O)(=O)NCCO)c1Cl. The zero-order valence-corrected chi connectivity index (χ0v) is 11.1. The normalized spacial score (nSPS) is 11.5. The van der Waals surface area contributed by atoms with E-state index in [1.165, 1.54) is 0 Å². The second-order valence-corrected chi connectivity index (χ2v) is 5.61. The summed E-state index contributed by atoms with van der Waals surface area (Å²) in [5.74, 6) is 0. The highest BCUT2D eigenvalue weighted by Crippen LogP contribution is 2.36. The molecule has 0 heterocycles. The van der Waals surface area contributed by atoms with Crippen LogP contribution in [0.4, 0.5) is 5.69 Å². The fraction of sp³-hybridized carbons (Fsp3) is 0.250. The lowest BCUT2D eigenvalue weighted by atomic mass is 10.3. The summed E-state index contributed by atoms with van der Waals surface area (Å²) in [7, 11) is -4.03. The van der Waals surface area contributed by atoms with Crippen LogP contribution in [0.25, 0.3) is 0 Å². The zero-order valence-electron chi connectivity index (χ0n) is 8.76. The van der Waals surface area contributed by atoms with Crippen LogP contribution in [0.2, 0.25) is 10.0 Å². The summed E-state index contributed by atoms with van der Waals surface area (Å²) >= 11 is 11.2. The van der Waals surface area contributed by atoms with Gasteiger partial charge in [-0.2, -0.15) is 0 Å². The smallest absolute Gasteiger partial charge is 0.307 e. The molecule has 7 nitrogen and oxygen atoms in total. The minimum Gasteiger partial charge on any atom is -0.395 e. The van der Waals surface area contributed by atoms with Gasteiger partial charge < -0.3 is 5.11 Å². The maximum absolute atomic E-state index is 11.7. The molecule has 1 rings (SSSR count). The van der Waals surface area contributed by atoms with Crippen molar-refractivity contribution in [1.29, 1.82) is 0 Å². The molecule has 0 fully saturated rings. The standard InChI is InChI=1S/C8H8Cl2N2O5S/c9-5-1-2-6(7(10)8(5)12(14)15)18(16,17)11-3-4-13/h1-2,11,13H,3-4H2. The van der Waals surface area contributed by atoms with Gasteiger partial charge in [0.1, 0.15) is 14.9 Å². The topological polar surface area (TPSA) is 110 Å². The van der Waals surface area contributed by atoms with E-state index < -0.39 is 37.2 Å². The third-order valence-electron chi connectivity index (χ3n) is 1.91. The van der Waals surface area contributed by atoms with Gasteiger partial charge in [0, 0.05) is 6.54 Å². The van der Waals surface area contributed by atoms with Gasteiger partial charge in [-0.3, -0.25) is 10.1 Å². The van der Waals surface area contributed by atoms with E-state index in [0.717, 1.165) is 12.1 Å². The van der Waals surface area contributed by atoms with Gasteiger partial charge in [-0.05, 0) is 12.1 Å². The molecule has 100 valence electrons. The minimum absolute atomic E-state index is 0.227. The Kier molecular flexibility index (Phi) is 4.88. The molecule has 0 saturated heterocycles. The third-order valence-corrected chi connectivity index (χ3v) is 4.21. The molecule has 10 heteroatoms. The highest BCUT2D eigenvalue weighted by Gasteiger charge is 2.27. The Morgan fingerprint density at radius 1 is 1.39 bits per heavy atom. The predicted molar refractivity (Wildman–Crippen MR) is 65.4 cm³/mol. The first-order valence-corrected chi connectivity index (χ1v) is 6.78. The van der Waals surface area contributed by atoms with E-state index >= 15 is 0 Å². The summed E-state index contributed by atoms with van der Waals surface area (Å²) in [4.78, 5) is 9.39. The molecule has 0 amide bonds. The van der Waals surface area contributed by atoms with Crippen molar-refractivity contribution in [2.75, 3.05) is 13.2 Å². The first-order chi connectivity index (χ1) is 8.31. The number of nitro benzene ring substituents is 1. The summed E-state index contributed by atoms with van der Waals surface area (Å²) in [6, 6.07) is 2.12. The van der Waals surface area contributed by atoms with E-state index in [9.17, 15) is 18.5 Å². The average Bonchev–Trinajstić information content (AvgIpc) is 2.25. The van der Waals surface area contributed by atoms with Crippen molar-refractivity contribution >= 4 is 38.9 Å². The van der Waals surface area contributed by atoms with Gasteiger partial charge in [-0.15, -0.1) is 0 Å². The number of nitrogens with zero attached hydrogens (tertiary/aromatic N) is 1. The van der Waals surface area contributed by atoms with Gasteiger partial charge >= 0.3 is 5.69 Å². The number of sulfonamides is 1. The van der Waals surface area contributed by atoms with E-state index in [0.29, 0.717) is 0 Å². The largest absolute Gasteiger partial charge is 0.395 e. The molecule has 0 atom stereocenters. The lowest BCUT2D eigenvalue weighted by molar-refractivity contribution is -0.384. The maximum atomic E-state index is 11.7. The first kappa shape index (κ1) is 15.1. The number of halogens is 2. The van der Waals surface area contributed by atoms with Crippen molar-refractivity contribution in [2.24, 2.45) is 0 Å². The molecule has 0 aliphatic carbocycles. The fourth-order valence-corrected chi connectivity index (χ4v) is 3.06. The lowest BCUT2D eigenvalue weighted by Crippen LogP contribution is -2.27. The molecule has 1 aromatic rings. The Bertz CT molecular complexity index is 575. The number of benzene rings is 1. The molecule has 0 bridgehead atoms. The maximum Gasteiger partial charge on any atom is 0.307 e. The van der Waals surface area contributed by atoms with E-state index in [4.69, 9.17) is 28.3 Å². The van der Waals surface area contributed by atoms with Crippen LogP contribution in [-0.2, 0) is 10.0 Å². The van der Waals surface area contributed by atoms with Crippen molar-refractivity contribution in [3.63, 3.8) is 0 Å². The Balaban J connectivity index is 3.36. The van der Waals surface area contributed by atoms with Crippen LogP contribution in [-0.4, -0.2) is 31.6 Å². The Hall–Kier alpha value is -0.930. The number of nitro groups is 1. The summed E-state index contributed by atoms with van der Waals surface area (Å²) in [6.07, 6.45) is 0. The molecule has 0 aliphatic heterocycles. The fourth-order valence-electron chi connectivity index (χ4n) is 1.16. The summed E-state index contributed by atoms with van der Waals surface area (Å²) < 4.78 is 25.5. The van der Waals surface area contributed by atoms with Crippen molar-refractivity contribution in [3.8, 4) is 0 Å². The number of hydrogen-bond acceptors (Lipinski definition) is 5. The lowest BCUT2D eigenvalue weighted by Gasteiger charge is -2.08. The minimum atomic E-state index is -4.03. The van der Waals surface area contributed by atoms with Crippen LogP contribution in [0.15, 0.2) is 17.0 Å². The molecular weight excluding hydrogens is 307 g/mol. The number of aliphatic hydroxyl groups is 1. The number of rotatable bonds is 5. The van der Waals surface area contributed by atoms with Crippen LogP contribution in [0.3, 0.4) is 0 Å². The first-order valence-electron chi connectivity index (χ1n) is 4.54. The van der Waals surface area contributed by atoms with Crippen molar-refractivity contribution in [2.45, 2.75) is 4.90 Å². The molecule has 0 aliphatic rings. The van der Waals surface area contributed by atoms with Gasteiger partial charge in [0.2, 0.25) is 10.0 Å². The van der Waals surface area contributed by atoms with E-state index in [2.05, 4.69) is 0 Å². The summed E-state index contributed by atoms with van der Waals surface area (Å²) in [5.41, 5.74) is -0.676. The Morgan fingerprint density at radius 2 is 2.00 bits per heavy atom. The van der Waals surface area contributed by atoms with E-state index in [-0.39, 0.29) is 11.6 Å². The van der Waals surface area contributed by atoms with Gasteiger partial charge in [0.15, 0.2) is 0 Å². The van der Waals surface area contributed by atoms with Gasteiger partial charge in [-0.25, -0.2) is 13.1 Å². The molecule has 0 aromatic heterocycles. The van der Waals surface area contributed by atoms with Crippen molar-refractivity contribution in [1.82, 2.24) is 4.72 Å². The van der Waals surface area contributed by atoms with Crippen molar-refractivity contribution < 1.29 is 18.4 Å². The number of hydrogen-bond donors (Lipinski definition) is 2. The molecular formula is C8H8Cl2N2O5S. The summed E-state index contributed by atoms with van der Waals surface area (Å²) in [5, 5.41) is 18.4. The number of nitrogens with one attached hydrogen (secondary N) is 1. The van der Waals surface area contributed by atoms with Crippen LogP contribution >= 0.6 is 23.2 Å². The molecule has 0 unspecified atom stereocenters. The van der Waals surface area contributed by atoms with Gasteiger partial charge in [0.25, 0.3) is 0 Å². The highest BCUT2D eigenvalue weighted by molar-refractivity contribution is 7.89. The molecule has 1 aromatic carbocycles. The Labute approximate surface area is 113 Å². The Morgan fingerprint density at radius 3 is 2.50 bits per heavy atom. The third kappa shape index (κ3) is 3.09. The van der Waals surface area contributed by atoms with Crippen LogP contribution in [0.1, 0.15) is 0 Å². The van der Waals surface area contributed by atoms with Gasteiger partial charge in [0.05, 0.1) is 11.5 Å². The molecule has 2 N–H and O–H groups in total. The molecule has 0 saturated carbocycles. The highest BCUT2D eigenvalue weighted by atomic mass is 35.5. The predicted octanol–water partition coefficient (Wildman–Crippen LogP) is 1.17. The molecule has 18 heavy (non-hydrogen) atoms. The van der Waals surface area contributed by atoms with E-state index in [1.54, 1.807) is 0 Å². The van der Waals surface area contributed by atoms with E-state index in [1.807, 2.05) is 4.72 Å². The second kappa shape index (κ2) is 5.81. The van der Waals surface area contributed by atoms with Crippen molar-refractivity contribution in [3.05, 3.63) is 32.3 Å². The average molecular weight is 315 g/mol. The van der Waals surface area contributed by atoms with Gasteiger partial charge in [-0.1, -0.05) is 23.2 Å². The van der Waals surface area contributed by atoms with Crippen LogP contribution in [0.5, 0.6) is 0 Å². The molecule has 0 spiro atoms. The quantitative estimate of drug-likeness (QED) is 0.626. The summed E-state index contributed by atoms with van der Waals surface area (Å²) in [6.45, 7) is -0.637. The van der Waals surface area contributed by atoms with Crippen LogP contribution < -0.4 is 4.72 Å². The zero-order chi connectivity index (χ0) is 13.9. The molecule has 0 radical (unpaired) electrons. The number of aliphatic hydroxyl groups excluding tert-OH is 1. The second-order valence-electron chi connectivity index (χ2n) is 3.09. The van der Waals surface area contributed by atoms with Crippen LogP contribution in [0, 0.1) is 10.1 Å².